The van der Waals surface area contributed by atoms with Crippen molar-refractivity contribution in [2.75, 3.05) is 0 Å². The van der Waals surface area contributed by atoms with Gasteiger partial charge in [0.2, 0.25) is 0 Å². The first kappa shape index (κ1) is 13.8. The summed E-state index contributed by atoms with van der Waals surface area (Å²) in [6, 6.07) is 14.6. The van der Waals surface area contributed by atoms with Crippen LogP contribution in [0.4, 0.5) is 0 Å². The van der Waals surface area contributed by atoms with E-state index in [1.807, 2.05) is 18.3 Å². The van der Waals surface area contributed by atoms with Crippen LogP contribution >= 0.6 is 0 Å². The van der Waals surface area contributed by atoms with Crippen molar-refractivity contribution >= 4 is 10.9 Å². The molecule has 2 N–H and O–H groups in total. The third kappa shape index (κ3) is 2.55. The van der Waals surface area contributed by atoms with E-state index in [4.69, 9.17) is 5.73 Å². The van der Waals surface area contributed by atoms with Crippen molar-refractivity contribution in [2.45, 2.75) is 26.8 Å². The molecule has 0 aliphatic rings. The second-order valence-electron chi connectivity index (χ2n) is 5.75. The molecule has 2 nitrogen and oxygen atoms in total. The van der Waals surface area contributed by atoms with Gasteiger partial charge in [0.15, 0.2) is 0 Å². The molecule has 0 spiro atoms. The number of hydrogen-bond donors (Lipinski definition) is 1. The van der Waals surface area contributed by atoms with Gasteiger partial charge in [0.25, 0.3) is 0 Å². The molecule has 0 fully saturated rings. The Morgan fingerprint density at radius 2 is 1.67 bits per heavy atom. The Morgan fingerprint density at radius 1 is 0.952 bits per heavy atom. The number of aromatic nitrogens is 1. The standard InChI is InChI=1S/C19H20N2/c1-12-9-13(2)18(14(3)10-12)19(20)16-6-7-17-15(11-16)5-4-8-21-17/h4-11,19H,20H2,1-3H3. The number of benzene rings is 2. The zero-order valence-electron chi connectivity index (χ0n) is 12.7. The lowest BCUT2D eigenvalue weighted by atomic mass is 9.90. The Labute approximate surface area is 125 Å². The Kier molecular flexibility index (Phi) is 3.48. The summed E-state index contributed by atoms with van der Waals surface area (Å²) in [4.78, 5) is 4.36. The molecular formula is C19H20N2. The predicted octanol–water partition coefficient (Wildman–Crippen LogP) is 4.21. The van der Waals surface area contributed by atoms with Crippen LogP contribution in [0.25, 0.3) is 10.9 Å². The number of nitrogens with zero attached hydrogens (tertiary/aromatic N) is 1. The smallest absolute Gasteiger partial charge is 0.0702 e. The summed E-state index contributed by atoms with van der Waals surface area (Å²) < 4.78 is 0. The average molecular weight is 276 g/mol. The van der Waals surface area contributed by atoms with Crippen LogP contribution in [0.3, 0.4) is 0 Å². The third-order valence-corrected chi connectivity index (χ3v) is 4.04. The van der Waals surface area contributed by atoms with Gasteiger partial charge in [0.1, 0.15) is 0 Å². The molecule has 21 heavy (non-hydrogen) atoms. The molecule has 0 bridgehead atoms. The number of hydrogen-bond acceptors (Lipinski definition) is 2. The molecule has 2 aromatic carbocycles. The number of nitrogens with two attached hydrogens (primary N) is 1. The van der Waals surface area contributed by atoms with Crippen molar-refractivity contribution in [1.29, 1.82) is 0 Å². The number of fused-ring (bicyclic) bond motifs is 1. The highest BCUT2D eigenvalue weighted by molar-refractivity contribution is 5.79. The zero-order chi connectivity index (χ0) is 15.0. The molecule has 1 atom stereocenters. The van der Waals surface area contributed by atoms with Crippen molar-refractivity contribution in [1.82, 2.24) is 4.98 Å². The first-order valence-corrected chi connectivity index (χ1v) is 7.24. The molecule has 0 saturated carbocycles. The molecule has 1 heterocycles. The molecule has 3 aromatic rings. The quantitative estimate of drug-likeness (QED) is 0.761. The van der Waals surface area contributed by atoms with Crippen molar-refractivity contribution in [3.8, 4) is 0 Å². The molecule has 0 radical (unpaired) electrons. The van der Waals surface area contributed by atoms with E-state index in [0.717, 1.165) is 16.5 Å². The van der Waals surface area contributed by atoms with Crippen LogP contribution in [-0.2, 0) is 0 Å². The van der Waals surface area contributed by atoms with E-state index in [0.29, 0.717) is 0 Å². The highest BCUT2D eigenvalue weighted by atomic mass is 14.7. The van der Waals surface area contributed by atoms with Crippen LogP contribution in [0.15, 0.2) is 48.7 Å². The van der Waals surface area contributed by atoms with E-state index in [1.54, 1.807) is 0 Å². The predicted molar refractivity (Wildman–Crippen MR) is 88.4 cm³/mol. The van der Waals surface area contributed by atoms with E-state index < -0.39 is 0 Å². The number of rotatable bonds is 2. The Bertz CT molecular complexity index is 783. The highest BCUT2D eigenvalue weighted by Crippen LogP contribution is 2.28. The van der Waals surface area contributed by atoms with E-state index in [2.05, 4.69) is 56.1 Å². The lowest BCUT2D eigenvalue weighted by molar-refractivity contribution is 0.852. The second kappa shape index (κ2) is 5.30. The van der Waals surface area contributed by atoms with Gasteiger partial charge in [-0.3, -0.25) is 4.98 Å². The highest BCUT2D eigenvalue weighted by Gasteiger charge is 2.15. The van der Waals surface area contributed by atoms with E-state index in [9.17, 15) is 0 Å². The maximum atomic E-state index is 6.54. The zero-order valence-corrected chi connectivity index (χ0v) is 12.7. The van der Waals surface area contributed by atoms with Gasteiger partial charge in [-0.05, 0) is 61.2 Å². The van der Waals surface area contributed by atoms with E-state index >= 15 is 0 Å². The molecule has 0 aliphatic heterocycles. The maximum Gasteiger partial charge on any atom is 0.0702 e. The summed E-state index contributed by atoms with van der Waals surface area (Å²) in [5, 5.41) is 1.13. The summed E-state index contributed by atoms with van der Waals surface area (Å²) in [6.07, 6.45) is 1.82. The van der Waals surface area contributed by atoms with Gasteiger partial charge in [-0.15, -0.1) is 0 Å². The summed E-state index contributed by atoms with van der Waals surface area (Å²) in [7, 11) is 0. The second-order valence-corrected chi connectivity index (χ2v) is 5.75. The minimum absolute atomic E-state index is 0.102. The molecule has 1 unspecified atom stereocenters. The van der Waals surface area contributed by atoms with Crippen LogP contribution in [0.1, 0.15) is 33.9 Å². The average Bonchev–Trinajstić information content (AvgIpc) is 2.45. The minimum Gasteiger partial charge on any atom is -0.320 e. The van der Waals surface area contributed by atoms with Crippen molar-refractivity contribution < 1.29 is 0 Å². The summed E-state index contributed by atoms with van der Waals surface area (Å²) >= 11 is 0. The number of pyridine rings is 1. The van der Waals surface area contributed by atoms with Gasteiger partial charge in [-0.1, -0.05) is 29.8 Å². The van der Waals surface area contributed by atoms with Gasteiger partial charge in [0.05, 0.1) is 11.6 Å². The summed E-state index contributed by atoms with van der Waals surface area (Å²) in [5.41, 5.74) is 13.7. The Hall–Kier alpha value is -2.19. The Morgan fingerprint density at radius 3 is 2.38 bits per heavy atom. The van der Waals surface area contributed by atoms with Crippen LogP contribution in [0, 0.1) is 20.8 Å². The summed E-state index contributed by atoms with van der Waals surface area (Å²) in [6.45, 7) is 6.40. The molecule has 1 aromatic heterocycles. The minimum atomic E-state index is -0.102. The summed E-state index contributed by atoms with van der Waals surface area (Å²) in [5.74, 6) is 0. The topological polar surface area (TPSA) is 38.9 Å². The monoisotopic (exact) mass is 276 g/mol. The molecular weight excluding hydrogens is 256 g/mol. The van der Waals surface area contributed by atoms with Crippen molar-refractivity contribution in [3.63, 3.8) is 0 Å². The van der Waals surface area contributed by atoms with Gasteiger partial charge < -0.3 is 5.73 Å². The molecule has 3 rings (SSSR count). The largest absolute Gasteiger partial charge is 0.320 e. The molecule has 106 valence electrons. The van der Waals surface area contributed by atoms with E-state index in [-0.39, 0.29) is 6.04 Å². The SMILES string of the molecule is Cc1cc(C)c(C(N)c2ccc3ncccc3c2)c(C)c1. The Balaban J connectivity index is 2.10. The molecule has 2 heteroatoms. The van der Waals surface area contributed by atoms with Crippen molar-refractivity contribution in [3.05, 3.63) is 76.5 Å². The molecule has 0 amide bonds. The normalized spacial score (nSPS) is 12.6. The molecule has 0 aliphatic carbocycles. The van der Waals surface area contributed by atoms with Crippen molar-refractivity contribution in [2.24, 2.45) is 5.73 Å². The van der Waals surface area contributed by atoms with Crippen LogP contribution in [0.2, 0.25) is 0 Å². The third-order valence-electron chi connectivity index (χ3n) is 4.04. The van der Waals surface area contributed by atoms with Gasteiger partial charge in [-0.25, -0.2) is 0 Å². The first-order valence-electron chi connectivity index (χ1n) is 7.24. The lowest BCUT2D eigenvalue weighted by Gasteiger charge is -2.19. The fourth-order valence-corrected chi connectivity index (χ4v) is 3.14. The van der Waals surface area contributed by atoms with Crippen LogP contribution in [-0.4, -0.2) is 4.98 Å². The number of aryl methyl sites for hydroxylation is 3. The van der Waals surface area contributed by atoms with Gasteiger partial charge in [-0.2, -0.15) is 0 Å². The van der Waals surface area contributed by atoms with Gasteiger partial charge in [0, 0.05) is 11.6 Å². The molecule has 0 saturated heterocycles. The fraction of sp³-hybridized carbons (Fsp3) is 0.211. The fourth-order valence-electron chi connectivity index (χ4n) is 3.14. The first-order chi connectivity index (χ1) is 10.1. The maximum absolute atomic E-state index is 6.54. The van der Waals surface area contributed by atoms with Crippen LogP contribution in [0.5, 0.6) is 0 Å². The van der Waals surface area contributed by atoms with E-state index in [1.165, 1.54) is 22.3 Å². The lowest BCUT2D eigenvalue weighted by Crippen LogP contribution is -2.15. The van der Waals surface area contributed by atoms with Gasteiger partial charge >= 0.3 is 0 Å². The van der Waals surface area contributed by atoms with Crippen LogP contribution < -0.4 is 5.73 Å².